The molecule has 0 aromatic carbocycles. The Kier molecular flexibility index (Phi) is 15.3. The molecule has 2 bridgehead atoms. The molecule has 3 aliphatic heterocycles. The standard InChI is InChI=1S/C34H51NO14/c1-18-10-8-6-4-5-7-9-11-22(48-33-31(42)29(35)30(41)20(3)47-33)15-26-28(32(43)44)25(39)17-34(45,49-26)16-21(36)14-24(38)23(37)12-13-27(40)46-19(18)2/h4-13,18-26,28-31,33,36-39,41-42,45H,14-17,35H2,1-3H3,(H,43,44)/b6-4-,7-5-,10-8-,11-9-,13-12-/t18-,19+,20+,21-,22-,23+,24+,25-,26-,28+,29-,30+,31-,33-,34+/m0/s1. The molecule has 0 saturated carbocycles. The lowest BCUT2D eigenvalue weighted by atomic mass is 9.82. The van der Waals surface area contributed by atoms with Crippen molar-refractivity contribution in [2.75, 3.05) is 0 Å². The van der Waals surface area contributed by atoms with Crippen molar-refractivity contribution < 1.29 is 69.4 Å². The van der Waals surface area contributed by atoms with Gasteiger partial charge in [0.15, 0.2) is 12.1 Å². The zero-order valence-electron chi connectivity index (χ0n) is 27.8. The van der Waals surface area contributed by atoms with Crippen LogP contribution in [0.15, 0.2) is 60.8 Å². The zero-order valence-corrected chi connectivity index (χ0v) is 27.8. The van der Waals surface area contributed by atoms with Crippen LogP contribution in [0, 0.1) is 11.8 Å². The molecule has 0 spiro atoms. The molecule has 0 amide bonds. The Balaban J connectivity index is 1.94. The number of aliphatic hydroxyl groups excluding tert-OH is 6. The summed E-state index contributed by atoms with van der Waals surface area (Å²) in [6, 6.07) is -1.11. The number of cyclic esters (lactones) is 1. The van der Waals surface area contributed by atoms with E-state index in [0.29, 0.717) is 0 Å². The second-order valence-corrected chi connectivity index (χ2v) is 13.0. The molecule has 0 aromatic rings. The third-order valence-corrected chi connectivity index (χ3v) is 8.90. The Hall–Kier alpha value is -2.80. The van der Waals surface area contributed by atoms with E-state index in [4.69, 9.17) is 24.7 Å². The Labute approximate surface area is 285 Å². The van der Waals surface area contributed by atoms with Crippen LogP contribution in [0.3, 0.4) is 0 Å². The van der Waals surface area contributed by atoms with Gasteiger partial charge in [0.2, 0.25) is 0 Å². The molecule has 0 radical (unpaired) electrons. The molecule has 0 unspecified atom stereocenters. The van der Waals surface area contributed by atoms with Crippen LogP contribution in [0.5, 0.6) is 0 Å². The number of hydrogen-bond acceptors (Lipinski definition) is 14. The summed E-state index contributed by atoms with van der Waals surface area (Å²) in [5.41, 5.74) is 5.96. The minimum absolute atomic E-state index is 0.171. The maximum Gasteiger partial charge on any atom is 0.330 e. The molecule has 276 valence electrons. The van der Waals surface area contributed by atoms with Gasteiger partial charge in [0, 0.05) is 37.7 Å². The molecule has 15 heteroatoms. The number of hydrogen-bond donors (Lipinski definition) is 9. The summed E-state index contributed by atoms with van der Waals surface area (Å²) in [5.74, 6) is -6.15. The lowest BCUT2D eigenvalue weighted by molar-refractivity contribution is -0.308. The molecule has 3 heterocycles. The molecule has 15 nitrogen and oxygen atoms in total. The molecule has 0 aromatic heterocycles. The number of carboxylic acid groups (broad SMARTS) is 1. The van der Waals surface area contributed by atoms with Crippen molar-refractivity contribution in [1.82, 2.24) is 0 Å². The molecule has 3 aliphatic rings. The molecule has 49 heavy (non-hydrogen) atoms. The average molecular weight is 698 g/mol. The highest BCUT2D eigenvalue weighted by atomic mass is 16.7. The topological polar surface area (TPSA) is 259 Å². The van der Waals surface area contributed by atoms with E-state index in [1.165, 1.54) is 6.08 Å². The van der Waals surface area contributed by atoms with Crippen molar-refractivity contribution in [1.29, 1.82) is 0 Å². The summed E-state index contributed by atoms with van der Waals surface area (Å²) in [7, 11) is 0. The fraction of sp³-hybridized carbons (Fsp3) is 0.647. The molecule has 2 fully saturated rings. The van der Waals surface area contributed by atoms with Gasteiger partial charge in [0.25, 0.3) is 0 Å². The zero-order chi connectivity index (χ0) is 36.5. The Morgan fingerprint density at radius 3 is 2.14 bits per heavy atom. The first-order valence-electron chi connectivity index (χ1n) is 16.4. The van der Waals surface area contributed by atoms with Gasteiger partial charge >= 0.3 is 11.9 Å². The predicted octanol–water partition coefficient (Wildman–Crippen LogP) is -0.680. The highest BCUT2D eigenvalue weighted by molar-refractivity contribution is 5.82. The van der Waals surface area contributed by atoms with Gasteiger partial charge in [-0.05, 0) is 19.9 Å². The fourth-order valence-electron chi connectivity index (χ4n) is 5.86. The summed E-state index contributed by atoms with van der Waals surface area (Å²) in [5, 5.41) is 84.7. The maximum absolute atomic E-state index is 12.3. The first-order valence-corrected chi connectivity index (χ1v) is 16.4. The average Bonchev–Trinajstić information content (AvgIpc) is 3.00. The smallest absolute Gasteiger partial charge is 0.330 e. The van der Waals surface area contributed by atoms with Crippen LogP contribution in [0.25, 0.3) is 0 Å². The Morgan fingerprint density at radius 2 is 1.49 bits per heavy atom. The molecule has 15 atom stereocenters. The fourth-order valence-corrected chi connectivity index (χ4v) is 5.86. The quantitative estimate of drug-likeness (QED) is 0.166. The SMILES string of the molecule is C[C@H]1\C=C/C=C\C=C/C=C\[C@H](O[C@@H]2O[C@H](C)[C@@H](O)[C@H](N)[C@@H]2O)C[C@@H]2O[C@](O)(C[C@@H](O)C[C@@H](O)[C@H](O)/C=C\C(=O)O[C@@H]1C)C[C@H](O)[C@H]2C(=O)O. The first-order chi connectivity index (χ1) is 23.0. The van der Waals surface area contributed by atoms with Gasteiger partial charge in [0.05, 0.1) is 54.9 Å². The van der Waals surface area contributed by atoms with E-state index >= 15 is 0 Å². The lowest BCUT2D eigenvalue weighted by Crippen LogP contribution is -2.61. The molecule has 3 rings (SSSR count). The van der Waals surface area contributed by atoms with Crippen LogP contribution < -0.4 is 5.73 Å². The number of aliphatic carboxylic acids is 1. The van der Waals surface area contributed by atoms with Crippen molar-refractivity contribution >= 4 is 11.9 Å². The van der Waals surface area contributed by atoms with Crippen molar-refractivity contribution in [2.24, 2.45) is 17.6 Å². The van der Waals surface area contributed by atoms with Crippen LogP contribution in [-0.2, 0) is 28.5 Å². The molecular formula is C34H51NO14. The van der Waals surface area contributed by atoms with E-state index < -0.39 is 116 Å². The minimum Gasteiger partial charge on any atom is -0.481 e. The highest BCUT2D eigenvalue weighted by Crippen LogP contribution is 2.38. The number of carbonyl (C=O) groups excluding carboxylic acids is 1. The van der Waals surface area contributed by atoms with Gasteiger partial charge in [0.1, 0.15) is 18.1 Å². The number of ether oxygens (including phenoxy) is 4. The number of aliphatic hydroxyl groups is 7. The van der Waals surface area contributed by atoms with Crippen LogP contribution in [0.2, 0.25) is 0 Å². The van der Waals surface area contributed by atoms with E-state index in [0.717, 1.165) is 12.2 Å². The second-order valence-electron chi connectivity index (χ2n) is 13.0. The van der Waals surface area contributed by atoms with Crippen LogP contribution >= 0.6 is 0 Å². The van der Waals surface area contributed by atoms with E-state index in [1.807, 2.05) is 13.0 Å². The van der Waals surface area contributed by atoms with Gasteiger partial charge < -0.3 is 65.5 Å². The van der Waals surface area contributed by atoms with E-state index in [1.54, 1.807) is 50.3 Å². The van der Waals surface area contributed by atoms with Gasteiger partial charge in [-0.1, -0.05) is 55.5 Å². The van der Waals surface area contributed by atoms with Crippen LogP contribution in [0.1, 0.15) is 46.5 Å². The van der Waals surface area contributed by atoms with Gasteiger partial charge in [-0.25, -0.2) is 4.79 Å². The van der Waals surface area contributed by atoms with Crippen molar-refractivity contribution in [3.63, 3.8) is 0 Å². The number of carbonyl (C=O) groups is 2. The normalized spacial score (nSPS) is 46.7. The summed E-state index contributed by atoms with van der Waals surface area (Å²) in [6.07, 6.45) is -0.575. The predicted molar refractivity (Wildman–Crippen MR) is 173 cm³/mol. The monoisotopic (exact) mass is 697 g/mol. The number of esters is 1. The molecular weight excluding hydrogens is 646 g/mol. The number of rotatable bonds is 3. The number of fused-ring (bicyclic) bond motifs is 2. The van der Waals surface area contributed by atoms with Crippen molar-refractivity contribution in [3.05, 3.63) is 60.8 Å². The summed E-state index contributed by atoms with van der Waals surface area (Å²) in [6.45, 7) is 5.09. The summed E-state index contributed by atoms with van der Waals surface area (Å²) >= 11 is 0. The highest BCUT2D eigenvalue weighted by Gasteiger charge is 2.51. The van der Waals surface area contributed by atoms with E-state index in [9.17, 15) is 50.4 Å². The lowest BCUT2D eigenvalue weighted by Gasteiger charge is -2.45. The second kappa shape index (κ2) is 18.4. The largest absolute Gasteiger partial charge is 0.481 e. The van der Waals surface area contributed by atoms with Crippen molar-refractivity contribution in [2.45, 2.75) is 126 Å². The molecule has 2 saturated heterocycles. The van der Waals surface area contributed by atoms with E-state index in [-0.39, 0.29) is 12.3 Å². The number of carboxylic acids is 1. The van der Waals surface area contributed by atoms with Gasteiger partial charge in [-0.3, -0.25) is 4.79 Å². The van der Waals surface area contributed by atoms with Gasteiger partial charge in [-0.15, -0.1) is 0 Å². The molecule has 0 aliphatic carbocycles. The minimum atomic E-state index is -2.27. The number of nitrogens with two attached hydrogens (primary N) is 1. The van der Waals surface area contributed by atoms with Crippen LogP contribution in [-0.4, -0.2) is 132 Å². The van der Waals surface area contributed by atoms with E-state index in [2.05, 4.69) is 0 Å². The molecule has 10 N–H and O–H groups in total. The Morgan fingerprint density at radius 1 is 0.857 bits per heavy atom. The van der Waals surface area contributed by atoms with Crippen molar-refractivity contribution in [3.8, 4) is 0 Å². The Bertz CT molecular complexity index is 1240. The maximum atomic E-state index is 12.3. The van der Waals surface area contributed by atoms with Gasteiger partial charge in [-0.2, -0.15) is 0 Å². The van der Waals surface area contributed by atoms with Crippen LogP contribution in [0.4, 0.5) is 0 Å². The number of allylic oxidation sites excluding steroid dienone is 6. The first kappa shape index (κ1) is 40.6. The third kappa shape index (κ3) is 11.9. The third-order valence-electron chi connectivity index (χ3n) is 8.90. The summed E-state index contributed by atoms with van der Waals surface area (Å²) < 4.78 is 22.9. The summed E-state index contributed by atoms with van der Waals surface area (Å²) in [4.78, 5) is 24.5.